The Balaban J connectivity index is 1.61. The summed E-state index contributed by atoms with van der Waals surface area (Å²) in [6, 6.07) is 5.93. The first kappa shape index (κ1) is 19.0. The molecule has 1 N–H and O–H groups in total. The van der Waals surface area contributed by atoms with Gasteiger partial charge >= 0.3 is 0 Å². The molecule has 26 heavy (non-hydrogen) atoms. The monoisotopic (exact) mass is 361 g/mol. The van der Waals surface area contributed by atoms with Gasteiger partial charge in [-0.05, 0) is 30.2 Å². The molecular weight excluding hydrogens is 330 g/mol. The van der Waals surface area contributed by atoms with E-state index in [2.05, 4.69) is 35.9 Å². The molecule has 3 rings (SSSR count). The van der Waals surface area contributed by atoms with Gasteiger partial charge in [0.05, 0.1) is 12.6 Å². The summed E-state index contributed by atoms with van der Waals surface area (Å²) in [6.45, 7) is 13.1. The molecule has 1 unspecified atom stereocenters. The molecule has 2 heterocycles. The van der Waals surface area contributed by atoms with Crippen LogP contribution in [0.25, 0.3) is 0 Å². The Morgan fingerprint density at radius 2 is 1.73 bits per heavy atom. The van der Waals surface area contributed by atoms with Crippen LogP contribution in [0, 0.1) is 5.92 Å². The lowest BCUT2D eigenvalue weighted by Gasteiger charge is -2.34. The van der Waals surface area contributed by atoms with Gasteiger partial charge in [-0.15, -0.1) is 0 Å². The number of amides is 1. The van der Waals surface area contributed by atoms with E-state index in [1.54, 1.807) is 0 Å². The second-order valence-corrected chi connectivity index (χ2v) is 7.40. The summed E-state index contributed by atoms with van der Waals surface area (Å²) < 4.78 is 11.3. The number of likely N-dealkylation sites (N-methyl/N-ethyl adjacent to an activating group) is 1. The van der Waals surface area contributed by atoms with Crippen LogP contribution in [0.15, 0.2) is 18.2 Å². The van der Waals surface area contributed by atoms with E-state index in [0.29, 0.717) is 25.7 Å². The maximum Gasteiger partial charge on any atom is 0.234 e. The molecule has 1 fully saturated rings. The minimum atomic E-state index is -0.0322. The summed E-state index contributed by atoms with van der Waals surface area (Å²) in [4.78, 5) is 17.3. The smallest absolute Gasteiger partial charge is 0.234 e. The second kappa shape index (κ2) is 8.73. The zero-order chi connectivity index (χ0) is 18.5. The minimum absolute atomic E-state index is 0.0322. The fourth-order valence-corrected chi connectivity index (χ4v) is 3.57. The predicted molar refractivity (Wildman–Crippen MR) is 102 cm³/mol. The van der Waals surface area contributed by atoms with Crippen molar-refractivity contribution in [2.24, 2.45) is 5.92 Å². The predicted octanol–water partition coefficient (Wildman–Crippen LogP) is 1.91. The quantitative estimate of drug-likeness (QED) is 0.839. The standard InChI is InChI=1S/C20H31N3O3/c1-4-22-7-9-23(10-8-22)14-19(24)21-20(15(2)3)16-5-6-17-18(13-16)26-12-11-25-17/h5-6,13,15,20H,4,7-12,14H2,1-3H3,(H,21,24). The van der Waals surface area contributed by atoms with Crippen molar-refractivity contribution in [3.8, 4) is 11.5 Å². The molecule has 0 spiro atoms. The number of piperazine rings is 1. The number of hydrogen-bond acceptors (Lipinski definition) is 5. The molecule has 0 radical (unpaired) electrons. The fraction of sp³-hybridized carbons (Fsp3) is 0.650. The van der Waals surface area contributed by atoms with Crippen LogP contribution < -0.4 is 14.8 Å². The Hall–Kier alpha value is -1.79. The topological polar surface area (TPSA) is 54.0 Å². The molecule has 2 aliphatic rings. The van der Waals surface area contributed by atoms with Crippen LogP contribution in [-0.2, 0) is 4.79 Å². The molecule has 1 aromatic rings. The van der Waals surface area contributed by atoms with Gasteiger partial charge in [0.25, 0.3) is 0 Å². The third-order valence-corrected chi connectivity index (χ3v) is 5.19. The number of fused-ring (bicyclic) bond motifs is 1. The minimum Gasteiger partial charge on any atom is -0.486 e. The highest BCUT2D eigenvalue weighted by atomic mass is 16.6. The van der Waals surface area contributed by atoms with Gasteiger partial charge in [-0.25, -0.2) is 0 Å². The number of carbonyl (C=O) groups excluding carboxylic acids is 1. The van der Waals surface area contributed by atoms with E-state index in [0.717, 1.165) is 49.8 Å². The summed E-state index contributed by atoms with van der Waals surface area (Å²) in [7, 11) is 0. The lowest BCUT2D eigenvalue weighted by atomic mass is 9.95. The molecule has 144 valence electrons. The zero-order valence-electron chi connectivity index (χ0n) is 16.2. The third-order valence-electron chi connectivity index (χ3n) is 5.19. The highest BCUT2D eigenvalue weighted by Crippen LogP contribution is 2.34. The number of rotatable bonds is 6. The molecular formula is C20H31N3O3. The van der Waals surface area contributed by atoms with Crippen molar-refractivity contribution >= 4 is 5.91 Å². The van der Waals surface area contributed by atoms with Gasteiger partial charge in [0.15, 0.2) is 11.5 Å². The van der Waals surface area contributed by atoms with Gasteiger partial charge < -0.3 is 19.7 Å². The van der Waals surface area contributed by atoms with Crippen LogP contribution in [0.2, 0.25) is 0 Å². The molecule has 1 aromatic carbocycles. The van der Waals surface area contributed by atoms with Crippen LogP contribution in [-0.4, -0.2) is 68.2 Å². The van der Waals surface area contributed by atoms with E-state index in [1.807, 2.05) is 18.2 Å². The summed E-state index contributed by atoms with van der Waals surface area (Å²) in [6.07, 6.45) is 0. The van der Waals surface area contributed by atoms with Gasteiger partial charge in [-0.3, -0.25) is 9.69 Å². The molecule has 6 heteroatoms. The van der Waals surface area contributed by atoms with Gasteiger partial charge in [-0.1, -0.05) is 26.8 Å². The first-order chi connectivity index (χ1) is 12.6. The molecule has 1 saturated heterocycles. The van der Waals surface area contributed by atoms with Gasteiger partial charge in [0, 0.05) is 26.2 Å². The fourth-order valence-electron chi connectivity index (χ4n) is 3.57. The van der Waals surface area contributed by atoms with Crippen LogP contribution in [0.3, 0.4) is 0 Å². The summed E-state index contributed by atoms with van der Waals surface area (Å²) in [5.41, 5.74) is 1.06. The zero-order valence-corrected chi connectivity index (χ0v) is 16.2. The van der Waals surface area contributed by atoms with Crippen molar-refractivity contribution in [1.29, 1.82) is 0 Å². The van der Waals surface area contributed by atoms with E-state index in [1.165, 1.54) is 0 Å². The molecule has 1 amide bonds. The number of ether oxygens (including phenoxy) is 2. The second-order valence-electron chi connectivity index (χ2n) is 7.40. The number of hydrogen-bond donors (Lipinski definition) is 1. The number of carbonyl (C=O) groups is 1. The molecule has 1 atom stereocenters. The van der Waals surface area contributed by atoms with Crippen molar-refractivity contribution in [3.05, 3.63) is 23.8 Å². The Bertz CT molecular complexity index is 612. The number of benzene rings is 1. The van der Waals surface area contributed by atoms with Crippen molar-refractivity contribution in [2.45, 2.75) is 26.8 Å². The van der Waals surface area contributed by atoms with E-state index in [9.17, 15) is 4.79 Å². The van der Waals surface area contributed by atoms with Gasteiger partial charge in [0.1, 0.15) is 13.2 Å². The van der Waals surface area contributed by atoms with Gasteiger partial charge in [0.2, 0.25) is 5.91 Å². The first-order valence-corrected chi connectivity index (χ1v) is 9.70. The Kier molecular flexibility index (Phi) is 6.38. The molecule has 0 aliphatic carbocycles. The molecule has 0 saturated carbocycles. The van der Waals surface area contributed by atoms with Crippen molar-refractivity contribution in [1.82, 2.24) is 15.1 Å². The summed E-state index contributed by atoms with van der Waals surface area (Å²) in [5, 5.41) is 3.22. The summed E-state index contributed by atoms with van der Waals surface area (Å²) >= 11 is 0. The highest BCUT2D eigenvalue weighted by Gasteiger charge is 2.23. The maximum absolute atomic E-state index is 12.6. The van der Waals surface area contributed by atoms with E-state index >= 15 is 0 Å². The van der Waals surface area contributed by atoms with Crippen LogP contribution in [0.5, 0.6) is 11.5 Å². The van der Waals surface area contributed by atoms with Crippen molar-refractivity contribution in [2.75, 3.05) is 52.5 Å². The SMILES string of the molecule is CCN1CCN(CC(=O)NC(c2ccc3c(c2)OCCO3)C(C)C)CC1. The number of nitrogens with zero attached hydrogens (tertiary/aromatic N) is 2. The lowest BCUT2D eigenvalue weighted by molar-refractivity contribution is -0.123. The van der Waals surface area contributed by atoms with Gasteiger partial charge in [-0.2, -0.15) is 0 Å². The van der Waals surface area contributed by atoms with Crippen molar-refractivity contribution in [3.63, 3.8) is 0 Å². The average molecular weight is 361 g/mol. The maximum atomic E-state index is 12.6. The van der Waals surface area contributed by atoms with Crippen LogP contribution in [0.1, 0.15) is 32.4 Å². The van der Waals surface area contributed by atoms with E-state index < -0.39 is 0 Å². The Labute approximate surface area is 156 Å². The first-order valence-electron chi connectivity index (χ1n) is 9.70. The average Bonchev–Trinajstić information content (AvgIpc) is 2.66. The van der Waals surface area contributed by atoms with Crippen molar-refractivity contribution < 1.29 is 14.3 Å². The Morgan fingerprint density at radius 1 is 1.08 bits per heavy atom. The Morgan fingerprint density at radius 3 is 2.38 bits per heavy atom. The molecule has 0 aromatic heterocycles. The highest BCUT2D eigenvalue weighted by molar-refractivity contribution is 5.78. The van der Waals surface area contributed by atoms with Crippen LogP contribution in [0.4, 0.5) is 0 Å². The summed E-state index contributed by atoms with van der Waals surface area (Å²) in [5.74, 6) is 1.92. The lowest BCUT2D eigenvalue weighted by Crippen LogP contribution is -2.49. The molecule has 0 bridgehead atoms. The normalized spacial score (nSPS) is 19.4. The largest absolute Gasteiger partial charge is 0.486 e. The third kappa shape index (κ3) is 4.68. The van der Waals surface area contributed by atoms with E-state index in [4.69, 9.17) is 9.47 Å². The van der Waals surface area contributed by atoms with Crippen LogP contribution >= 0.6 is 0 Å². The molecule has 6 nitrogen and oxygen atoms in total. The molecule has 2 aliphatic heterocycles. The number of nitrogens with one attached hydrogen (secondary N) is 1. The van der Waals surface area contributed by atoms with E-state index in [-0.39, 0.29) is 11.9 Å².